The highest BCUT2D eigenvalue weighted by Gasteiger charge is 2.05. The van der Waals surface area contributed by atoms with E-state index in [1.54, 1.807) is 12.1 Å². The molecule has 0 fully saturated rings. The van der Waals surface area contributed by atoms with Gasteiger partial charge in [0.1, 0.15) is 5.82 Å². The van der Waals surface area contributed by atoms with Crippen molar-refractivity contribution in [2.75, 3.05) is 5.73 Å². The minimum Gasteiger partial charge on any atom is -0.398 e. The molecule has 0 saturated heterocycles. The van der Waals surface area contributed by atoms with E-state index in [0.717, 1.165) is 4.90 Å². The molecule has 17 heavy (non-hydrogen) atoms. The van der Waals surface area contributed by atoms with Crippen molar-refractivity contribution < 1.29 is 4.39 Å². The van der Waals surface area contributed by atoms with Crippen LogP contribution in [0.3, 0.4) is 0 Å². The predicted molar refractivity (Wildman–Crippen MR) is 71.4 cm³/mol. The molecule has 0 saturated carbocycles. The molecule has 0 heterocycles. The van der Waals surface area contributed by atoms with Crippen LogP contribution in [0.5, 0.6) is 0 Å². The molecule has 2 N–H and O–H groups in total. The first-order valence-corrected chi connectivity index (χ1v) is 6.31. The number of nitrogens with two attached hydrogens (primary N) is 1. The van der Waals surface area contributed by atoms with Crippen molar-refractivity contribution in [3.63, 3.8) is 0 Å². The van der Waals surface area contributed by atoms with E-state index in [2.05, 4.69) is 0 Å². The van der Waals surface area contributed by atoms with Gasteiger partial charge < -0.3 is 5.73 Å². The standard InChI is InChI=1S/C12H8Cl2FNS/c13-9-3-2-8(6-10(9)14)17-12-5-7(15)1-4-11(12)16/h1-6H,16H2. The Kier molecular flexibility index (Phi) is 3.82. The molecule has 2 rings (SSSR count). The maximum Gasteiger partial charge on any atom is 0.124 e. The van der Waals surface area contributed by atoms with Gasteiger partial charge in [0.25, 0.3) is 0 Å². The lowest BCUT2D eigenvalue weighted by Crippen LogP contribution is -1.89. The van der Waals surface area contributed by atoms with Gasteiger partial charge in [0.15, 0.2) is 0 Å². The molecular weight excluding hydrogens is 280 g/mol. The fourth-order valence-corrected chi connectivity index (χ4v) is 2.55. The van der Waals surface area contributed by atoms with Crippen molar-refractivity contribution in [2.45, 2.75) is 9.79 Å². The zero-order valence-electron chi connectivity index (χ0n) is 8.58. The summed E-state index contributed by atoms with van der Waals surface area (Å²) in [5.74, 6) is -0.318. The summed E-state index contributed by atoms with van der Waals surface area (Å²) in [6.45, 7) is 0. The first kappa shape index (κ1) is 12.6. The van der Waals surface area contributed by atoms with E-state index in [-0.39, 0.29) is 5.82 Å². The quantitative estimate of drug-likeness (QED) is 0.798. The molecule has 0 aliphatic carbocycles. The molecule has 0 aliphatic rings. The third-order valence-corrected chi connectivity index (χ3v) is 3.90. The summed E-state index contributed by atoms with van der Waals surface area (Å²) in [5.41, 5.74) is 6.29. The summed E-state index contributed by atoms with van der Waals surface area (Å²) in [5, 5.41) is 0.954. The molecule has 0 radical (unpaired) electrons. The van der Waals surface area contributed by atoms with Crippen molar-refractivity contribution in [3.05, 3.63) is 52.3 Å². The van der Waals surface area contributed by atoms with Crippen LogP contribution in [0.2, 0.25) is 10.0 Å². The van der Waals surface area contributed by atoms with Crippen LogP contribution in [0.25, 0.3) is 0 Å². The highest BCUT2D eigenvalue weighted by molar-refractivity contribution is 7.99. The van der Waals surface area contributed by atoms with Crippen molar-refractivity contribution in [1.82, 2.24) is 0 Å². The fraction of sp³-hybridized carbons (Fsp3) is 0. The topological polar surface area (TPSA) is 26.0 Å². The van der Waals surface area contributed by atoms with Crippen LogP contribution >= 0.6 is 35.0 Å². The van der Waals surface area contributed by atoms with Crippen LogP contribution in [-0.4, -0.2) is 0 Å². The molecule has 1 nitrogen and oxygen atoms in total. The second kappa shape index (κ2) is 5.17. The van der Waals surface area contributed by atoms with E-state index in [0.29, 0.717) is 20.6 Å². The van der Waals surface area contributed by atoms with Gasteiger partial charge in [0.2, 0.25) is 0 Å². The van der Waals surface area contributed by atoms with Gasteiger partial charge in [-0.15, -0.1) is 0 Å². The summed E-state index contributed by atoms with van der Waals surface area (Å²) in [4.78, 5) is 1.51. The lowest BCUT2D eigenvalue weighted by molar-refractivity contribution is 0.624. The molecule has 0 amide bonds. The van der Waals surface area contributed by atoms with E-state index < -0.39 is 0 Å². The Morgan fingerprint density at radius 1 is 1.00 bits per heavy atom. The number of hydrogen-bond acceptors (Lipinski definition) is 2. The van der Waals surface area contributed by atoms with Crippen LogP contribution in [0.15, 0.2) is 46.2 Å². The van der Waals surface area contributed by atoms with Gasteiger partial charge in [0.05, 0.1) is 10.0 Å². The van der Waals surface area contributed by atoms with Crippen LogP contribution in [0, 0.1) is 5.82 Å². The first-order valence-electron chi connectivity index (χ1n) is 4.74. The Labute approximate surface area is 113 Å². The molecule has 2 aromatic carbocycles. The fourth-order valence-electron chi connectivity index (χ4n) is 1.26. The average Bonchev–Trinajstić information content (AvgIpc) is 2.29. The zero-order valence-corrected chi connectivity index (χ0v) is 10.9. The lowest BCUT2D eigenvalue weighted by Gasteiger charge is -2.06. The number of nitrogen functional groups attached to an aromatic ring is 1. The highest BCUT2D eigenvalue weighted by Crippen LogP contribution is 2.35. The van der Waals surface area contributed by atoms with Crippen LogP contribution in [-0.2, 0) is 0 Å². The van der Waals surface area contributed by atoms with Gasteiger partial charge in [-0.3, -0.25) is 0 Å². The number of hydrogen-bond donors (Lipinski definition) is 1. The molecule has 5 heteroatoms. The van der Waals surface area contributed by atoms with Gasteiger partial charge in [-0.2, -0.15) is 0 Å². The van der Waals surface area contributed by atoms with Crippen LogP contribution in [0.1, 0.15) is 0 Å². The summed E-state index contributed by atoms with van der Waals surface area (Å²) in [6, 6.07) is 9.48. The summed E-state index contributed by atoms with van der Waals surface area (Å²) < 4.78 is 13.1. The van der Waals surface area contributed by atoms with Crippen molar-refractivity contribution in [3.8, 4) is 0 Å². The van der Waals surface area contributed by atoms with E-state index in [1.807, 2.05) is 6.07 Å². The first-order chi connectivity index (χ1) is 8.06. The van der Waals surface area contributed by atoms with E-state index in [4.69, 9.17) is 28.9 Å². The monoisotopic (exact) mass is 287 g/mol. The van der Waals surface area contributed by atoms with Crippen LogP contribution in [0.4, 0.5) is 10.1 Å². The average molecular weight is 288 g/mol. The number of benzene rings is 2. The number of halogens is 3. The van der Waals surface area contributed by atoms with Gasteiger partial charge in [-0.25, -0.2) is 4.39 Å². The molecule has 0 aromatic heterocycles. The van der Waals surface area contributed by atoms with E-state index >= 15 is 0 Å². The molecule has 88 valence electrons. The third-order valence-electron chi connectivity index (χ3n) is 2.09. The summed E-state index contributed by atoms with van der Waals surface area (Å²) in [7, 11) is 0. The number of anilines is 1. The maximum absolute atomic E-state index is 13.1. The van der Waals surface area contributed by atoms with Gasteiger partial charge >= 0.3 is 0 Å². The Hall–Kier alpha value is -0.900. The largest absolute Gasteiger partial charge is 0.398 e. The molecule has 0 atom stereocenters. The molecular formula is C12H8Cl2FNS. The highest BCUT2D eigenvalue weighted by atomic mass is 35.5. The zero-order chi connectivity index (χ0) is 12.4. The van der Waals surface area contributed by atoms with Crippen molar-refractivity contribution >= 4 is 40.7 Å². The Morgan fingerprint density at radius 2 is 1.76 bits per heavy atom. The summed E-state index contributed by atoms with van der Waals surface area (Å²) in [6.07, 6.45) is 0. The SMILES string of the molecule is Nc1ccc(F)cc1Sc1ccc(Cl)c(Cl)c1. The van der Waals surface area contributed by atoms with Gasteiger partial charge in [0, 0.05) is 15.5 Å². The van der Waals surface area contributed by atoms with E-state index in [1.165, 1.54) is 30.0 Å². The smallest absolute Gasteiger partial charge is 0.124 e. The Morgan fingerprint density at radius 3 is 2.47 bits per heavy atom. The maximum atomic E-state index is 13.1. The normalized spacial score (nSPS) is 10.5. The third kappa shape index (κ3) is 3.06. The molecule has 0 bridgehead atoms. The Bertz CT molecular complexity index is 560. The number of rotatable bonds is 2. The molecule has 0 unspecified atom stereocenters. The second-order valence-electron chi connectivity index (χ2n) is 3.36. The van der Waals surface area contributed by atoms with Crippen molar-refractivity contribution in [1.29, 1.82) is 0 Å². The molecule has 2 aromatic rings. The summed E-state index contributed by atoms with van der Waals surface area (Å²) >= 11 is 13.1. The second-order valence-corrected chi connectivity index (χ2v) is 5.29. The van der Waals surface area contributed by atoms with Gasteiger partial charge in [-0.05, 0) is 36.4 Å². The van der Waals surface area contributed by atoms with E-state index in [9.17, 15) is 4.39 Å². The Balaban J connectivity index is 2.31. The van der Waals surface area contributed by atoms with Crippen LogP contribution < -0.4 is 5.73 Å². The predicted octanol–water partition coefficient (Wildman–Crippen LogP) is 4.87. The molecule has 0 aliphatic heterocycles. The minimum absolute atomic E-state index is 0.318. The molecule has 0 spiro atoms. The van der Waals surface area contributed by atoms with Gasteiger partial charge in [-0.1, -0.05) is 35.0 Å². The van der Waals surface area contributed by atoms with Crippen molar-refractivity contribution in [2.24, 2.45) is 0 Å². The minimum atomic E-state index is -0.318. The lowest BCUT2D eigenvalue weighted by atomic mass is 10.3.